The summed E-state index contributed by atoms with van der Waals surface area (Å²) in [4.78, 5) is 16.0. The predicted molar refractivity (Wildman–Crippen MR) is 98.8 cm³/mol. The Labute approximate surface area is 153 Å². The summed E-state index contributed by atoms with van der Waals surface area (Å²) >= 11 is 0. The second-order valence-corrected chi connectivity index (χ2v) is 6.46. The number of aryl methyl sites for hydroxylation is 1. The molecule has 0 N–H and O–H groups in total. The Hall–Kier alpha value is -2.73. The van der Waals surface area contributed by atoms with Crippen molar-refractivity contribution in [1.29, 1.82) is 0 Å². The molecule has 2 aromatic heterocycles. The van der Waals surface area contributed by atoms with Crippen LogP contribution >= 0.6 is 0 Å². The third-order valence-corrected chi connectivity index (χ3v) is 4.79. The van der Waals surface area contributed by atoms with Crippen molar-refractivity contribution in [2.45, 2.75) is 38.9 Å². The first-order valence-electron chi connectivity index (χ1n) is 9.12. The van der Waals surface area contributed by atoms with Crippen molar-refractivity contribution in [2.75, 3.05) is 6.54 Å². The minimum Gasteiger partial charge on any atom is -0.437 e. The molecular formula is C20H23N5O. The van der Waals surface area contributed by atoms with Gasteiger partial charge in [-0.3, -0.25) is 9.88 Å². The molecule has 134 valence electrons. The van der Waals surface area contributed by atoms with E-state index in [0.29, 0.717) is 5.88 Å². The molecule has 6 heteroatoms. The van der Waals surface area contributed by atoms with Crippen LogP contribution in [0.4, 0.5) is 0 Å². The summed E-state index contributed by atoms with van der Waals surface area (Å²) in [6, 6.07) is 9.94. The quantitative estimate of drug-likeness (QED) is 0.677. The third kappa shape index (κ3) is 3.60. The fourth-order valence-electron chi connectivity index (χ4n) is 3.49. The molecule has 26 heavy (non-hydrogen) atoms. The van der Waals surface area contributed by atoms with Gasteiger partial charge in [0.05, 0.1) is 30.7 Å². The zero-order valence-electron chi connectivity index (χ0n) is 15.0. The maximum absolute atomic E-state index is 5.85. The van der Waals surface area contributed by atoms with Crippen LogP contribution in [-0.4, -0.2) is 31.0 Å². The molecule has 1 saturated heterocycles. The van der Waals surface area contributed by atoms with E-state index in [1.54, 1.807) is 6.20 Å². The second-order valence-electron chi connectivity index (χ2n) is 6.46. The highest BCUT2D eigenvalue weighted by Crippen LogP contribution is 2.32. The van der Waals surface area contributed by atoms with Gasteiger partial charge in [0.25, 0.3) is 0 Å². The molecule has 0 bridgehead atoms. The molecule has 1 fully saturated rings. The molecule has 4 rings (SSSR count). The van der Waals surface area contributed by atoms with Crippen LogP contribution in [0.15, 0.2) is 55.1 Å². The van der Waals surface area contributed by atoms with E-state index in [2.05, 4.69) is 26.4 Å². The van der Waals surface area contributed by atoms with Crippen LogP contribution in [-0.2, 0) is 13.1 Å². The minimum atomic E-state index is 0.254. The largest absolute Gasteiger partial charge is 0.437 e. The van der Waals surface area contributed by atoms with E-state index in [4.69, 9.17) is 9.72 Å². The molecule has 3 aromatic rings. The summed E-state index contributed by atoms with van der Waals surface area (Å²) in [7, 11) is 0. The van der Waals surface area contributed by atoms with Crippen LogP contribution in [0.2, 0.25) is 0 Å². The van der Waals surface area contributed by atoms with E-state index in [-0.39, 0.29) is 6.04 Å². The van der Waals surface area contributed by atoms with Gasteiger partial charge in [0.2, 0.25) is 5.88 Å². The Morgan fingerprint density at radius 2 is 2.08 bits per heavy atom. The number of benzene rings is 1. The Balaban J connectivity index is 1.51. The lowest BCUT2D eigenvalue weighted by Crippen LogP contribution is -2.25. The zero-order valence-corrected chi connectivity index (χ0v) is 15.0. The molecule has 0 saturated carbocycles. The highest BCUT2D eigenvalue weighted by atomic mass is 16.5. The van der Waals surface area contributed by atoms with Gasteiger partial charge in [0.15, 0.2) is 0 Å². The Kier molecular flexibility index (Phi) is 4.93. The number of para-hydroxylation sites is 1. The number of aromatic nitrogens is 4. The van der Waals surface area contributed by atoms with Gasteiger partial charge in [-0.1, -0.05) is 18.2 Å². The average Bonchev–Trinajstić information content (AvgIpc) is 3.32. The van der Waals surface area contributed by atoms with Gasteiger partial charge in [-0.15, -0.1) is 0 Å². The van der Waals surface area contributed by atoms with Crippen molar-refractivity contribution in [3.8, 4) is 11.6 Å². The van der Waals surface area contributed by atoms with Crippen molar-refractivity contribution >= 4 is 0 Å². The molecule has 0 aliphatic carbocycles. The third-order valence-electron chi connectivity index (χ3n) is 4.79. The number of hydrogen-bond acceptors (Lipinski definition) is 5. The lowest BCUT2D eigenvalue weighted by Gasteiger charge is -2.24. The number of hydrogen-bond donors (Lipinski definition) is 0. The van der Waals surface area contributed by atoms with E-state index in [0.717, 1.165) is 49.7 Å². The molecule has 1 aliphatic rings. The number of rotatable bonds is 6. The van der Waals surface area contributed by atoms with Crippen molar-refractivity contribution < 1.29 is 4.74 Å². The van der Waals surface area contributed by atoms with Gasteiger partial charge in [0.1, 0.15) is 11.6 Å². The molecule has 1 aliphatic heterocycles. The van der Waals surface area contributed by atoms with E-state index >= 15 is 0 Å². The smallest absolute Gasteiger partial charge is 0.238 e. The Morgan fingerprint density at radius 1 is 1.19 bits per heavy atom. The number of imidazole rings is 1. The zero-order chi connectivity index (χ0) is 17.8. The van der Waals surface area contributed by atoms with Gasteiger partial charge >= 0.3 is 0 Å². The van der Waals surface area contributed by atoms with Crippen molar-refractivity contribution in [3.05, 3.63) is 66.6 Å². The van der Waals surface area contributed by atoms with E-state index in [9.17, 15) is 0 Å². The lowest BCUT2D eigenvalue weighted by atomic mass is 10.1. The predicted octanol–water partition coefficient (Wildman–Crippen LogP) is 3.82. The SMILES string of the molecule is CCn1ccnc1CN1CCCC1c1cncc(Oc2ccccc2)n1. The Morgan fingerprint density at radius 3 is 2.92 bits per heavy atom. The minimum absolute atomic E-state index is 0.254. The molecule has 0 radical (unpaired) electrons. The van der Waals surface area contributed by atoms with Gasteiger partial charge in [-0.2, -0.15) is 0 Å². The Bertz CT molecular complexity index is 848. The molecule has 1 unspecified atom stereocenters. The molecular weight excluding hydrogens is 326 g/mol. The number of nitrogens with zero attached hydrogens (tertiary/aromatic N) is 5. The maximum atomic E-state index is 5.85. The number of likely N-dealkylation sites (tertiary alicyclic amines) is 1. The number of ether oxygens (including phenoxy) is 1. The van der Waals surface area contributed by atoms with E-state index in [1.807, 2.05) is 48.9 Å². The average molecular weight is 349 g/mol. The van der Waals surface area contributed by atoms with Gasteiger partial charge < -0.3 is 9.30 Å². The fraction of sp³-hybridized carbons (Fsp3) is 0.350. The summed E-state index contributed by atoms with van der Waals surface area (Å²) in [5.41, 5.74) is 0.963. The summed E-state index contributed by atoms with van der Waals surface area (Å²) in [5.74, 6) is 2.41. The van der Waals surface area contributed by atoms with Crippen molar-refractivity contribution in [2.24, 2.45) is 0 Å². The van der Waals surface area contributed by atoms with Gasteiger partial charge in [-0.25, -0.2) is 9.97 Å². The van der Waals surface area contributed by atoms with Crippen LogP contribution in [0.5, 0.6) is 11.6 Å². The normalized spacial score (nSPS) is 17.5. The van der Waals surface area contributed by atoms with E-state index < -0.39 is 0 Å². The first-order valence-corrected chi connectivity index (χ1v) is 9.12. The molecule has 1 aromatic carbocycles. The van der Waals surface area contributed by atoms with Crippen LogP contribution in [0.25, 0.3) is 0 Å². The molecule has 1 atom stereocenters. The van der Waals surface area contributed by atoms with Gasteiger partial charge in [0, 0.05) is 18.9 Å². The van der Waals surface area contributed by atoms with Gasteiger partial charge in [-0.05, 0) is 38.4 Å². The molecule has 0 spiro atoms. The van der Waals surface area contributed by atoms with Crippen LogP contribution in [0, 0.1) is 0 Å². The molecule has 3 heterocycles. The summed E-state index contributed by atoms with van der Waals surface area (Å²) in [6.07, 6.45) is 9.67. The van der Waals surface area contributed by atoms with Crippen LogP contribution in [0.1, 0.15) is 37.3 Å². The fourth-order valence-corrected chi connectivity index (χ4v) is 3.49. The standard InChI is InChI=1S/C20H23N5O/c1-2-24-12-10-22-19(24)15-25-11-6-9-18(25)17-13-21-14-20(23-17)26-16-7-4-3-5-8-16/h3-5,7-8,10,12-14,18H,2,6,9,11,15H2,1H3. The van der Waals surface area contributed by atoms with Crippen LogP contribution < -0.4 is 4.74 Å². The lowest BCUT2D eigenvalue weighted by molar-refractivity contribution is 0.233. The van der Waals surface area contributed by atoms with Crippen LogP contribution in [0.3, 0.4) is 0 Å². The summed E-state index contributed by atoms with van der Waals surface area (Å²) in [6.45, 7) is 4.96. The van der Waals surface area contributed by atoms with Crippen molar-refractivity contribution in [1.82, 2.24) is 24.4 Å². The van der Waals surface area contributed by atoms with Crippen molar-refractivity contribution in [3.63, 3.8) is 0 Å². The van der Waals surface area contributed by atoms with E-state index in [1.165, 1.54) is 0 Å². The monoisotopic (exact) mass is 349 g/mol. The molecule has 6 nitrogen and oxygen atoms in total. The molecule has 0 amide bonds. The summed E-state index contributed by atoms with van der Waals surface area (Å²) in [5, 5.41) is 0. The summed E-state index contributed by atoms with van der Waals surface area (Å²) < 4.78 is 8.04. The maximum Gasteiger partial charge on any atom is 0.238 e. The highest BCUT2D eigenvalue weighted by molar-refractivity contribution is 5.26. The highest BCUT2D eigenvalue weighted by Gasteiger charge is 2.28. The topological polar surface area (TPSA) is 56.1 Å². The first-order chi connectivity index (χ1) is 12.8. The second kappa shape index (κ2) is 7.66. The first kappa shape index (κ1) is 16.7.